The van der Waals surface area contributed by atoms with Gasteiger partial charge in [0.25, 0.3) is 5.91 Å². The Morgan fingerprint density at radius 2 is 1.86 bits per heavy atom. The zero-order chi connectivity index (χ0) is 25.5. The number of benzene rings is 1. The number of nitrogens with zero attached hydrogens (tertiary/aromatic N) is 3. The third-order valence-corrected chi connectivity index (χ3v) is 7.34. The summed E-state index contributed by atoms with van der Waals surface area (Å²) in [6.45, 7) is 3.94. The molecule has 1 aliphatic rings. The van der Waals surface area contributed by atoms with Crippen molar-refractivity contribution >= 4 is 34.8 Å². The Morgan fingerprint density at radius 3 is 2.47 bits per heavy atom. The molecule has 1 saturated carbocycles. The Morgan fingerprint density at radius 1 is 1.11 bits per heavy atom. The molecule has 8 nitrogen and oxygen atoms in total. The van der Waals surface area contributed by atoms with Gasteiger partial charge in [0, 0.05) is 29.0 Å². The van der Waals surface area contributed by atoms with E-state index in [2.05, 4.69) is 15.3 Å². The summed E-state index contributed by atoms with van der Waals surface area (Å²) in [4.78, 5) is 50.4. The van der Waals surface area contributed by atoms with Gasteiger partial charge in [0.2, 0.25) is 5.91 Å². The maximum Gasteiger partial charge on any atom is 0.338 e. The van der Waals surface area contributed by atoms with Crippen molar-refractivity contribution in [1.82, 2.24) is 15.3 Å². The number of nitrogens with one attached hydrogen (secondary N) is 1. The van der Waals surface area contributed by atoms with E-state index in [4.69, 9.17) is 4.74 Å². The monoisotopic (exact) mass is 506 g/mol. The number of hydrogen-bond donors (Lipinski definition) is 1. The van der Waals surface area contributed by atoms with E-state index in [9.17, 15) is 14.4 Å². The second kappa shape index (κ2) is 11.9. The van der Waals surface area contributed by atoms with Crippen LogP contribution >= 0.6 is 11.3 Å². The zero-order valence-electron chi connectivity index (χ0n) is 20.5. The number of carbonyl (C=O) groups is 3. The van der Waals surface area contributed by atoms with E-state index in [1.54, 1.807) is 31.2 Å². The van der Waals surface area contributed by atoms with Crippen LogP contribution in [0.3, 0.4) is 0 Å². The van der Waals surface area contributed by atoms with Gasteiger partial charge in [0.15, 0.2) is 6.04 Å². The largest absolute Gasteiger partial charge is 0.462 e. The Labute approximate surface area is 214 Å². The van der Waals surface area contributed by atoms with E-state index in [1.165, 1.54) is 41.2 Å². The molecule has 4 rings (SSSR count). The van der Waals surface area contributed by atoms with Gasteiger partial charge in [-0.25, -0.2) is 9.78 Å². The average Bonchev–Trinajstić information content (AvgIpc) is 3.33. The Kier molecular flexibility index (Phi) is 8.43. The fourth-order valence-electron chi connectivity index (χ4n) is 4.43. The van der Waals surface area contributed by atoms with Gasteiger partial charge in [-0.3, -0.25) is 19.5 Å². The van der Waals surface area contributed by atoms with E-state index in [1.807, 2.05) is 18.4 Å². The standard InChI is InChI=1S/C27H30N4O4S/c1-3-35-27(34)19-9-11-21(12-10-19)31(26(33)22-17-28-14-15-29-22)23(24-18(2)13-16-36-24)25(32)30-20-7-5-4-6-8-20/h9-17,20,23H,3-8H2,1-2H3,(H,30,32)/t23-/m1/s1. The number of carbonyl (C=O) groups excluding carboxylic acids is 3. The van der Waals surface area contributed by atoms with Crippen LogP contribution in [0, 0.1) is 6.92 Å². The molecule has 1 atom stereocenters. The van der Waals surface area contributed by atoms with Gasteiger partial charge in [0.05, 0.1) is 18.4 Å². The average molecular weight is 507 g/mol. The molecule has 0 unspecified atom stereocenters. The highest BCUT2D eigenvalue weighted by molar-refractivity contribution is 7.10. The minimum absolute atomic E-state index is 0.0775. The van der Waals surface area contributed by atoms with Gasteiger partial charge in [-0.2, -0.15) is 0 Å². The first-order chi connectivity index (χ1) is 17.5. The number of anilines is 1. The molecule has 2 aromatic heterocycles. The van der Waals surface area contributed by atoms with Gasteiger partial charge in [-0.15, -0.1) is 11.3 Å². The summed E-state index contributed by atoms with van der Waals surface area (Å²) in [6, 6.07) is 7.62. The van der Waals surface area contributed by atoms with Crippen molar-refractivity contribution in [1.29, 1.82) is 0 Å². The number of ether oxygens (including phenoxy) is 1. The van der Waals surface area contributed by atoms with E-state index in [-0.39, 0.29) is 24.2 Å². The molecule has 1 fully saturated rings. The lowest BCUT2D eigenvalue weighted by molar-refractivity contribution is -0.123. The van der Waals surface area contributed by atoms with Crippen molar-refractivity contribution in [2.24, 2.45) is 0 Å². The fourth-order valence-corrected chi connectivity index (χ4v) is 5.45. The number of thiophene rings is 1. The third-order valence-electron chi connectivity index (χ3n) is 6.27. The fraction of sp³-hybridized carbons (Fsp3) is 0.370. The molecule has 1 N–H and O–H groups in total. The summed E-state index contributed by atoms with van der Waals surface area (Å²) < 4.78 is 5.09. The third kappa shape index (κ3) is 5.79. The van der Waals surface area contributed by atoms with Crippen LogP contribution in [0.5, 0.6) is 0 Å². The minimum atomic E-state index is -0.908. The summed E-state index contributed by atoms with van der Waals surface area (Å²) in [5.41, 5.74) is 1.87. The maximum atomic E-state index is 13.9. The highest BCUT2D eigenvalue weighted by Gasteiger charge is 2.36. The molecule has 188 valence electrons. The van der Waals surface area contributed by atoms with E-state index in [0.29, 0.717) is 11.3 Å². The van der Waals surface area contributed by atoms with E-state index < -0.39 is 17.9 Å². The number of amides is 2. The molecule has 0 radical (unpaired) electrons. The molecule has 0 bridgehead atoms. The second-order valence-corrected chi connectivity index (χ2v) is 9.69. The zero-order valence-corrected chi connectivity index (χ0v) is 21.3. The number of aromatic nitrogens is 2. The lowest BCUT2D eigenvalue weighted by atomic mass is 9.95. The highest BCUT2D eigenvalue weighted by atomic mass is 32.1. The van der Waals surface area contributed by atoms with Crippen LogP contribution in [0.25, 0.3) is 0 Å². The van der Waals surface area contributed by atoms with Crippen LogP contribution in [0.15, 0.2) is 54.3 Å². The van der Waals surface area contributed by atoms with Crippen molar-refractivity contribution in [3.05, 3.63) is 76.0 Å². The lowest BCUT2D eigenvalue weighted by Crippen LogP contribution is -2.47. The number of esters is 1. The summed E-state index contributed by atoms with van der Waals surface area (Å²) in [7, 11) is 0. The smallest absolute Gasteiger partial charge is 0.338 e. The first kappa shape index (κ1) is 25.5. The predicted molar refractivity (Wildman–Crippen MR) is 138 cm³/mol. The number of rotatable bonds is 8. The Bertz CT molecular complexity index is 1190. The van der Waals surface area contributed by atoms with Crippen LogP contribution in [-0.4, -0.2) is 40.4 Å². The van der Waals surface area contributed by atoms with Crippen molar-refractivity contribution in [3.8, 4) is 0 Å². The van der Waals surface area contributed by atoms with Gasteiger partial charge >= 0.3 is 5.97 Å². The van der Waals surface area contributed by atoms with Crippen molar-refractivity contribution in [3.63, 3.8) is 0 Å². The molecule has 1 aliphatic carbocycles. The summed E-state index contributed by atoms with van der Waals surface area (Å²) in [5.74, 6) is -1.14. The first-order valence-corrected chi connectivity index (χ1v) is 13.1. The second-order valence-electron chi connectivity index (χ2n) is 8.75. The van der Waals surface area contributed by atoms with E-state index in [0.717, 1.165) is 36.1 Å². The quantitative estimate of drug-likeness (QED) is 0.438. The SMILES string of the molecule is CCOC(=O)c1ccc(N(C(=O)c2cnccn2)[C@@H](C(=O)NC2CCCCC2)c2sccc2C)cc1. The summed E-state index contributed by atoms with van der Waals surface area (Å²) in [5, 5.41) is 5.12. The molecule has 0 spiro atoms. The van der Waals surface area contributed by atoms with Gasteiger partial charge in [-0.05, 0) is 68.0 Å². The van der Waals surface area contributed by atoms with Gasteiger partial charge in [0.1, 0.15) is 5.69 Å². The predicted octanol–water partition coefficient (Wildman–Crippen LogP) is 4.86. The summed E-state index contributed by atoms with van der Waals surface area (Å²) in [6.07, 6.45) is 9.50. The van der Waals surface area contributed by atoms with Crippen LogP contribution in [0.4, 0.5) is 5.69 Å². The van der Waals surface area contributed by atoms with Crippen molar-refractivity contribution < 1.29 is 19.1 Å². The molecule has 2 heterocycles. The molecular formula is C27H30N4O4S. The number of aryl methyl sites for hydroxylation is 1. The van der Waals surface area contributed by atoms with Gasteiger partial charge in [-0.1, -0.05) is 19.3 Å². The Hall–Kier alpha value is -3.59. The van der Waals surface area contributed by atoms with Crippen LogP contribution in [0.1, 0.15) is 76.4 Å². The first-order valence-electron chi connectivity index (χ1n) is 12.2. The topological polar surface area (TPSA) is 101 Å². The lowest BCUT2D eigenvalue weighted by Gasteiger charge is -2.33. The Balaban J connectivity index is 1.77. The molecule has 3 aromatic rings. The van der Waals surface area contributed by atoms with Crippen LogP contribution in [-0.2, 0) is 9.53 Å². The molecular weight excluding hydrogens is 476 g/mol. The maximum absolute atomic E-state index is 13.9. The van der Waals surface area contributed by atoms with Gasteiger partial charge < -0.3 is 10.1 Å². The van der Waals surface area contributed by atoms with Crippen molar-refractivity contribution in [2.45, 2.75) is 58.0 Å². The summed E-state index contributed by atoms with van der Waals surface area (Å²) >= 11 is 1.43. The normalized spacial score (nSPS) is 14.6. The molecule has 36 heavy (non-hydrogen) atoms. The number of hydrogen-bond acceptors (Lipinski definition) is 7. The minimum Gasteiger partial charge on any atom is -0.462 e. The molecule has 2 amide bonds. The van der Waals surface area contributed by atoms with E-state index >= 15 is 0 Å². The molecule has 0 aliphatic heterocycles. The highest BCUT2D eigenvalue weighted by Crippen LogP contribution is 2.35. The van der Waals surface area contributed by atoms with Crippen LogP contribution in [0.2, 0.25) is 0 Å². The van der Waals surface area contributed by atoms with Crippen molar-refractivity contribution in [2.75, 3.05) is 11.5 Å². The van der Waals surface area contributed by atoms with Crippen LogP contribution < -0.4 is 10.2 Å². The molecule has 9 heteroatoms. The molecule has 0 saturated heterocycles. The molecule has 1 aromatic carbocycles.